The fraction of sp³-hybridized carbons (Fsp3) is 0.130. The van der Waals surface area contributed by atoms with E-state index in [0.29, 0.717) is 0 Å². The van der Waals surface area contributed by atoms with Crippen LogP contribution in [0.3, 0.4) is 0 Å². The van der Waals surface area contributed by atoms with Crippen LogP contribution in [0.4, 0.5) is 0 Å². The van der Waals surface area contributed by atoms with Gasteiger partial charge in [-0.3, -0.25) is 0 Å². The molecule has 0 spiro atoms. The summed E-state index contributed by atoms with van der Waals surface area (Å²) in [7, 11) is 3.39. The van der Waals surface area contributed by atoms with Crippen molar-refractivity contribution in [2.24, 2.45) is 0 Å². The molecule has 0 amide bonds. The average molecular weight is 343 g/mol. The van der Waals surface area contributed by atoms with Crippen molar-refractivity contribution in [3.05, 3.63) is 90.1 Å². The van der Waals surface area contributed by atoms with Crippen molar-refractivity contribution in [3.63, 3.8) is 0 Å². The number of nitrogens with zero attached hydrogens (tertiary/aromatic N) is 1. The second kappa shape index (κ2) is 6.96. The highest BCUT2D eigenvalue weighted by Gasteiger charge is 2.13. The molecule has 4 aromatic rings. The van der Waals surface area contributed by atoms with Gasteiger partial charge in [0, 0.05) is 29.3 Å². The molecule has 1 heterocycles. The zero-order valence-electron chi connectivity index (χ0n) is 15.0. The molecule has 0 saturated carbocycles. The summed E-state index contributed by atoms with van der Waals surface area (Å²) in [5.74, 6) is 1.72. The highest BCUT2D eigenvalue weighted by atomic mass is 16.5. The number of fused-ring (bicyclic) bond motifs is 1. The maximum absolute atomic E-state index is 5.56. The fourth-order valence-electron chi connectivity index (χ4n) is 3.42. The van der Waals surface area contributed by atoms with Crippen molar-refractivity contribution in [2.45, 2.75) is 6.42 Å². The van der Waals surface area contributed by atoms with Crippen LogP contribution in [-0.2, 0) is 6.42 Å². The number of para-hydroxylation sites is 2. The minimum atomic E-state index is 0.778. The number of hydrogen-bond acceptors (Lipinski definition) is 2. The van der Waals surface area contributed by atoms with Crippen molar-refractivity contribution in [3.8, 4) is 17.2 Å². The molecule has 0 fully saturated rings. The van der Waals surface area contributed by atoms with Crippen LogP contribution in [0.25, 0.3) is 16.6 Å². The fourth-order valence-corrected chi connectivity index (χ4v) is 3.42. The summed E-state index contributed by atoms with van der Waals surface area (Å²) < 4.78 is 13.2. The predicted octanol–water partition coefficient (Wildman–Crippen LogP) is 5.24. The highest BCUT2D eigenvalue weighted by molar-refractivity contribution is 5.86. The van der Waals surface area contributed by atoms with Gasteiger partial charge in [0.2, 0.25) is 0 Å². The van der Waals surface area contributed by atoms with Crippen molar-refractivity contribution in [1.82, 2.24) is 4.57 Å². The zero-order valence-corrected chi connectivity index (χ0v) is 15.0. The average Bonchev–Trinajstić information content (AvgIpc) is 3.07. The largest absolute Gasteiger partial charge is 0.497 e. The molecule has 3 nitrogen and oxygen atoms in total. The van der Waals surface area contributed by atoms with E-state index in [1.54, 1.807) is 14.2 Å². The molecule has 0 aliphatic carbocycles. The number of benzene rings is 3. The van der Waals surface area contributed by atoms with E-state index in [4.69, 9.17) is 9.47 Å². The summed E-state index contributed by atoms with van der Waals surface area (Å²) in [6.45, 7) is 0. The van der Waals surface area contributed by atoms with E-state index in [9.17, 15) is 0 Å². The molecule has 26 heavy (non-hydrogen) atoms. The molecule has 0 atom stereocenters. The molecule has 1 aromatic heterocycles. The van der Waals surface area contributed by atoms with Crippen LogP contribution in [0.5, 0.6) is 11.5 Å². The normalized spacial score (nSPS) is 10.8. The van der Waals surface area contributed by atoms with Crippen LogP contribution < -0.4 is 9.47 Å². The number of hydrogen-bond donors (Lipinski definition) is 0. The van der Waals surface area contributed by atoms with E-state index < -0.39 is 0 Å². The Morgan fingerprint density at radius 2 is 1.54 bits per heavy atom. The van der Waals surface area contributed by atoms with Crippen molar-refractivity contribution in [1.29, 1.82) is 0 Å². The smallest absolute Gasteiger partial charge is 0.122 e. The molecule has 0 unspecified atom stereocenters. The van der Waals surface area contributed by atoms with E-state index in [1.165, 1.54) is 16.5 Å². The lowest BCUT2D eigenvalue weighted by molar-refractivity contribution is 0.399. The first-order chi connectivity index (χ1) is 12.8. The molecule has 0 bridgehead atoms. The van der Waals surface area contributed by atoms with Crippen molar-refractivity contribution < 1.29 is 9.47 Å². The summed E-state index contributed by atoms with van der Waals surface area (Å²) in [6.07, 6.45) is 3.00. The summed E-state index contributed by atoms with van der Waals surface area (Å²) in [5, 5.41) is 1.25. The Balaban J connectivity index is 1.83. The minimum Gasteiger partial charge on any atom is -0.497 e. The van der Waals surface area contributed by atoms with Crippen molar-refractivity contribution >= 4 is 10.9 Å². The molecule has 0 saturated heterocycles. The number of ether oxygens (including phenoxy) is 2. The highest BCUT2D eigenvalue weighted by Crippen LogP contribution is 2.31. The van der Waals surface area contributed by atoms with Crippen LogP contribution in [0.1, 0.15) is 11.1 Å². The third-order valence-corrected chi connectivity index (χ3v) is 4.70. The molecule has 0 radical (unpaired) electrons. The van der Waals surface area contributed by atoms with Crippen molar-refractivity contribution in [2.75, 3.05) is 14.2 Å². The maximum atomic E-state index is 5.56. The Bertz CT molecular complexity index is 1030. The zero-order chi connectivity index (χ0) is 17.9. The Labute approximate surface area is 153 Å². The first-order valence-electron chi connectivity index (χ1n) is 8.65. The van der Waals surface area contributed by atoms with Gasteiger partial charge in [-0.25, -0.2) is 0 Å². The van der Waals surface area contributed by atoms with Gasteiger partial charge in [-0.05, 0) is 42.0 Å². The SMILES string of the molecule is COc1ccc(OC)c(Cc2cn(-c3ccccc3)c3ccccc23)c1. The Kier molecular flexibility index (Phi) is 4.36. The van der Waals surface area contributed by atoms with Crippen LogP contribution >= 0.6 is 0 Å². The van der Waals surface area contributed by atoms with Gasteiger partial charge in [0.15, 0.2) is 0 Å². The Morgan fingerprint density at radius 3 is 2.31 bits per heavy atom. The quantitative estimate of drug-likeness (QED) is 0.495. The number of rotatable bonds is 5. The standard InChI is InChI=1S/C23H21NO2/c1-25-20-12-13-23(26-2)17(15-20)14-18-16-24(19-8-4-3-5-9-19)22-11-7-6-10-21(18)22/h3-13,15-16H,14H2,1-2H3. The maximum Gasteiger partial charge on any atom is 0.122 e. The molecule has 3 heteroatoms. The van der Waals surface area contributed by atoms with Gasteiger partial charge in [-0.1, -0.05) is 36.4 Å². The van der Waals surface area contributed by atoms with E-state index in [0.717, 1.165) is 29.2 Å². The summed E-state index contributed by atoms with van der Waals surface area (Å²) in [6, 6.07) is 24.9. The van der Waals surface area contributed by atoms with E-state index >= 15 is 0 Å². The molecule has 0 N–H and O–H groups in total. The van der Waals surface area contributed by atoms with Gasteiger partial charge in [-0.15, -0.1) is 0 Å². The van der Waals surface area contributed by atoms with Crippen LogP contribution in [0.15, 0.2) is 79.0 Å². The Hall–Kier alpha value is -3.20. The Morgan fingerprint density at radius 1 is 0.769 bits per heavy atom. The second-order valence-electron chi connectivity index (χ2n) is 6.23. The van der Waals surface area contributed by atoms with Crippen LogP contribution in [0.2, 0.25) is 0 Å². The predicted molar refractivity (Wildman–Crippen MR) is 106 cm³/mol. The lowest BCUT2D eigenvalue weighted by atomic mass is 10.0. The summed E-state index contributed by atoms with van der Waals surface area (Å²) in [4.78, 5) is 0. The molecule has 0 aliphatic heterocycles. The van der Waals surface area contributed by atoms with Gasteiger partial charge < -0.3 is 14.0 Å². The van der Waals surface area contributed by atoms with E-state index in [2.05, 4.69) is 59.3 Å². The third kappa shape index (κ3) is 2.92. The van der Waals surface area contributed by atoms with E-state index in [-0.39, 0.29) is 0 Å². The topological polar surface area (TPSA) is 23.4 Å². The number of methoxy groups -OCH3 is 2. The summed E-state index contributed by atoms with van der Waals surface area (Å²) in [5.41, 5.74) is 4.74. The molecule has 0 aliphatic rings. The van der Waals surface area contributed by atoms with Gasteiger partial charge in [0.25, 0.3) is 0 Å². The number of aromatic nitrogens is 1. The minimum absolute atomic E-state index is 0.778. The van der Waals surface area contributed by atoms with E-state index in [1.807, 2.05) is 24.3 Å². The first-order valence-corrected chi connectivity index (χ1v) is 8.65. The molecule has 4 rings (SSSR count). The molecule has 3 aromatic carbocycles. The third-order valence-electron chi connectivity index (χ3n) is 4.70. The van der Waals surface area contributed by atoms with Gasteiger partial charge in [0.05, 0.1) is 19.7 Å². The van der Waals surface area contributed by atoms with Gasteiger partial charge in [0.1, 0.15) is 11.5 Å². The molecular weight excluding hydrogens is 322 g/mol. The van der Waals surface area contributed by atoms with Crippen LogP contribution in [0, 0.1) is 0 Å². The lowest BCUT2D eigenvalue weighted by Crippen LogP contribution is -1.95. The lowest BCUT2D eigenvalue weighted by Gasteiger charge is -2.10. The first kappa shape index (κ1) is 16.3. The summed E-state index contributed by atoms with van der Waals surface area (Å²) >= 11 is 0. The molecular formula is C23H21NO2. The molecule has 130 valence electrons. The second-order valence-corrected chi connectivity index (χ2v) is 6.23. The van der Waals surface area contributed by atoms with Crippen LogP contribution in [-0.4, -0.2) is 18.8 Å². The van der Waals surface area contributed by atoms with Gasteiger partial charge >= 0.3 is 0 Å². The monoisotopic (exact) mass is 343 g/mol. The van der Waals surface area contributed by atoms with Gasteiger partial charge in [-0.2, -0.15) is 0 Å².